The highest BCUT2D eigenvalue weighted by Crippen LogP contribution is 2.21. The molecule has 0 aliphatic carbocycles. The predicted molar refractivity (Wildman–Crippen MR) is 102 cm³/mol. The summed E-state index contributed by atoms with van der Waals surface area (Å²) in [6.45, 7) is 1.02. The number of anilines is 2. The van der Waals surface area contributed by atoms with Crippen molar-refractivity contribution in [1.82, 2.24) is 9.97 Å². The number of hydrogen-bond donors (Lipinski definition) is 3. The quantitative estimate of drug-likeness (QED) is 0.264. The van der Waals surface area contributed by atoms with Gasteiger partial charge in [-0.3, -0.25) is 10.1 Å². The third-order valence-corrected chi connectivity index (χ3v) is 3.90. The molecular weight excluding hydrogens is 352 g/mol. The molecule has 0 saturated carbocycles. The second-order valence-electron chi connectivity index (χ2n) is 5.39. The van der Waals surface area contributed by atoms with E-state index in [9.17, 15) is 10.1 Å². The van der Waals surface area contributed by atoms with Crippen LogP contribution in [0.2, 0.25) is 0 Å². The molecule has 130 valence electrons. The first-order valence-electron chi connectivity index (χ1n) is 7.74. The van der Waals surface area contributed by atoms with Gasteiger partial charge in [0.15, 0.2) is 4.77 Å². The van der Waals surface area contributed by atoms with Gasteiger partial charge >= 0.3 is 0 Å². The Labute approximate surface area is 153 Å². The maximum atomic E-state index is 10.8. The zero-order chi connectivity index (χ0) is 18.5. The van der Waals surface area contributed by atoms with Crippen LogP contribution < -0.4 is 10.6 Å². The summed E-state index contributed by atoms with van der Waals surface area (Å²) in [5.41, 5.74) is 1.55. The van der Waals surface area contributed by atoms with Crippen LogP contribution in [0.15, 0.2) is 42.5 Å². The summed E-state index contributed by atoms with van der Waals surface area (Å²) in [6, 6.07) is 13.8. The lowest BCUT2D eigenvalue weighted by atomic mass is 10.1. The number of non-ortho nitro benzene ring substituents is 1. The first-order valence-corrected chi connectivity index (χ1v) is 8.14. The van der Waals surface area contributed by atoms with Crippen molar-refractivity contribution in [2.24, 2.45) is 0 Å². The molecule has 0 amide bonds. The number of nitrogens with one attached hydrogen (secondary N) is 3. The van der Waals surface area contributed by atoms with E-state index in [4.69, 9.17) is 17.5 Å². The summed E-state index contributed by atoms with van der Waals surface area (Å²) in [7, 11) is 0. The number of hydrogen-bond acceptors (Lipinski definition) is 7. The minimum Gasteiger partial charge on any atom is -0.382 e. The molecule has 9 heteroatoms. The van der Waals surface area contributed by atoms with Gasteiger partial charge in [-0.25, -0.2) is 4.98 Å². The van der Waals surface area contributed by atoms with Crippen LogP contribution in [0, 0.1) is 26.2 Å². The number of para-hydroxylation sites is 1. The Hall–Kier alpha value is -3.51. The number of nitro benzene ring substituents is 1. The molecule has 2 aromatic carbocycles. The van der Waals surface area contributed by atoms with Crippen molar-refractivity contribution in [3.63, 3.8) is 0 Å². The maximum absolute atomic E-state index is 10.8. The minimum atomic E-state index is -0.526. The number of H-pyrrole nitrogens is 1. The van der Waals surface area contributed by atoms with Crippen molar-refractivity contribution in [2.75, 3.05) is 23.7 Å². The van der Waals surface area contributed by atoms with Crippen molar-refractivity contribution < 1.29 is 4.92 Å². The molecule has 0 aliphatic heterocycles. The van der Waals surface area contributed by atoms with Crippen molar-refractivity contribution in [3.8, 4) is 6.07 Å². The topological polar surface area (TPSA) is 120 Å². The molecule has 0 radical (unpaired) electrons. The molecular formula is C17H14N6O2S. The summed E-state index contributed by atoms with van der Waals surface area (Å²) in [5, 5.41) is 27.2. The molecule has 0 fully saturated rings. The van der Waals surface area contributed by atoms with Crippen LogP contribution in [-0.4, -0.2) is 28.0 Å². The monoisotopic (exact) mass is 366 g/mol. The van der Waals surface area contributed by atoms with Crippen LogP contribution in [0.3, 0.4) is 0 Å². The smallest absolute Gasteiger partial charge is 0.270 e. The Morgan fingerprint density at radius 3 is 2.77 bits per heavy atom. The third-order valence-electron chi connectivity index (χ3n) is 3.70. The average molecular weight is 366 g/mol. The fraction of sp³-hybridized carbons (Fsp3) is 0.118. The van der Waals surface area contributed by atoms with Gasteiger partial charge in [0.2, 0.25) is 0 Å². The predicted octanol–water partition coefficient (Wildman–Crippen LogP) is 3.60. The molecule has 0 saturated heterocycles. The van der Waals surface area contributed by atoms with Crippen LogP contribution in [0.1, 0.15) is 5.56 Å². The summed E-state index contributed by atoms with van der Waals surface area (Å²) < 4.78 is 0.390. The number of aromatic nitrogens is 2. The van der Waals surface area contributed by atoms with Crippen LogP contribution >= 0.6 is 12.2 Å². The number of nitriles is 1. The Balaban J connectivity index is 1.68. The molecule has 0 unspecified atom stereocenters. The lowest BCUT2D eigenvalue weighted by Crippen LogP contribution is -2.15. The van der Waals surface area contributed by atoms with E-state index in [1.54, 1.807) is 0 Å². The number of rotatable bonds is 6. The molecule has 26 heavy (non-hydrogen) atoms. The fourth-order valence-corrected chi connectivity index (χ4v) is 2.71. The first-order chi connectivity index (χ1) is 12.6. The summed E-state index contributed by atoms with van der Waals surface area (Å²) in [5.74, 6) is 0.676. The number of nitrogens with zero attached hydrogens (tertiary/aromatic N) is 3. The van der Waals surface area contributed by atoms with Crippen molar-refractivity contribution in [2.45, 2.75) is 0 Å². The molecule has 0 aliphatic rings. The summed E-state index contributed by atoms with van der Waals surface area (Å²) in [6.07, 6.45) is 0. The highest BCUT2D eigenvalue weighted by Gasteiger charge is 2.10. The standard InChI is InChI=1S/C17H14N6O2S/c18-10-11-9-12(23(24)25)5-6-14(11)19-7-8-20-16-13-3-1-2-4-15(13)21-17(26)22-16/h1-6,9,19H,7-8H2,(H2,20,21,22,26). The van der Waals surface area contributed by atoms with E-state index in [1.165, 1.54) is 18.2 Å². The lowest BCUT2D eigenvalue weighted by Gasteiger charge is -2.11. The molecule has 1 aromatic heterocycles. The van der Waals surface area contributed by atoms with Gasteiger partial charge in [-0.1, -0.05) is 12.1 Å². The molecule has 0 bridgehead atoms. The maximum Gasteiger partial charge on any atom is 0.270 e. The van der Waals surface area contributed by atoms with E-state index in [0.29, 0.717) is 29.4 Å². The second-order valence-corrected chi connectivity index (χ2v) is 5.78. The van der Waals surface area contributed by atoms with Gasteiger partial charge in [-0.15, -0.1) is 0 Å². The Morgan fingerprint density at radius 2 is 2.00 bits per heavy atom. The number of aromatic amines is 1. The van der Waals surface area contributed by atoms with Gasteiger partial charge in [-0.2, -0.15) is 5.26 Å². The molecule has 3 aromatic rings. The first kappa shape index (κ1) is 17.3. The highest BCUT2D eigenvalue weighted by molar-refractivity contribution is 7.71. The summed E-state index contributed by atoms with van der Waals surface area (Å²) in [4.78, 5) is 17.6. The van der Waals surface area contributed by atoms with Gasteiger partial charge in [-0.05, 0) is 30.4 Å². The van der Waals surface area contributed by atoms with Crippen LogP contribution in [0.25, 0.3) is 10.9 Å². The Bertz CT molecular complexity index is 1070. The molecule has 3 N–H and O–H groups in total. The Morgan fingerprint density at radius 1 is 1.23 bits per heavy atom. The van der Waals surface area contributed by atoms with E-state index in [1.807, 2.05) is 30.3 Å². The minimum absolute atomic E-state index is 0.112. The number of nitro groups is 1. The van der Waals surface area contributed by atoms with Gasteiger partial charge < -0.3 is 15.6 Å². The van der Waals surface area contributed by atoms with Gasteiger partial charge in [0.25, 0.3) is 5.69 Å². The van der Waals surface area contributed by atoms with E-state index >= 15 is 0 Å². The lowest BCUT2D eigenvalue weighted by molar-refractivity contribution is -0.384. The number of benzene rings is 2. The van der Waals surface area contributed by atoms with Crippen molar-refractivity contribution in [3.05, 3.63) is 62.9 Å². The van der Waals surface area contributed by atoms with Gasteiger partial charge in [0, 0.05) is 30.6 Å². The van der Waals surface area contributed by atoms with E-state index in [0.717, 1.165) is 10.9 Å². The highest BCUT2D eigenvalue weighted by atomic mass is 32.1. The SMILES string of the molecule is N#Cc1cc([N+](=O)[O-])ccc1NCCNc1nc(=S)[nH]c2ccccc12. The van der Waals surface area contributed by atoms with Crippen LogP contribution in [0.4, 0.5) is 17.2 Å². The Kier molecular flexibility index (Phi) is 5.05. The van der Waals surface area contributed by atoms with E-state index in [-0.39, 0.29) is 11.3 Å². The molecule has 0 atom stereocenters. The largest absolute Gasteiger partial charge is 0.382 e. The van der Waals surface area contributed by atoms with Gasteiger partial charge in [0.05, 0.1) is 21.7 Å². The average Bonchev–Trinajstić information content (AvgIpc) is 2.64. The number of fused-ring (bicyclic) bond motifs is 1. The second kappa shape index (κ2) is 7.58. The van der Waals surface area contributed by atoms with E-state index < -0.39 is 4.92 Å². The molecule has 0 spiro atoms. The molecule has 3 rings (SSSR count). The normalized spacial score (nSPS) is 10.3. The van der Waals surface area contributed by atoms with Crippen molar-refractivity contribution in [1.29, 1.82) is 5.26 Å². The zero-order valence-corrected chi connectivity index (χ0v) is 14.3. The zero-order valence-electron chi connectivity index (χ0n) is 13.5. The molecule has 1 heterocycles. The summed E-state index contributed by atoms with van der Waals surface area (Å²) >= 11 is 5.14. The molecule has 8 nitrogen and oxygen atoms in total. The van der Waals surface area contributed by atoms with Crippen LogP contribution in [0.5, 0.6) is 0 Å². The van der Waals surface area contributed by atoms with Crippen LogP contribution in [-0.2, 0) is 0 Å². The van der Waals surface area contributed by atoms with E-state index in [2.05, 4.69) is 20.6 Å². The fourth-order valence-electron chi connectivity index (χ4n) is 2.51. The van der Waals surface area contributed by atoms with Gasteiger partial charge in [0.1, 0.15) is 11.9 Å². The third kappa shape index (κ3) is 3.76. The van der Waals surface area contributed by atoms with Crippen molar-refractivity contribution >= 4 is 40.3 Å².